The van der Waals surface area contributed by atoms with Crippen LogP contribution >= 0.6 is 0 Å². The van der Waals surface area contributed by atoms with Crippen molar-refractivity contribution in [2.75, 3.05) is 37.0 Å². The first-order chi connectivity index (χ1) is 17.7. The van der Waals surface area contributed by atoms with E-state index >= 15 is 4.39 Å². The Morgan fingerprint density at radius 2 is 1.86 bits per heavy atom. The second kappa shape index (κ2) is 10.1. The molecule has 198 valence electrons. The zero-order valence-corrected chi connectivity index (χ0v) is 22.6. The van der Waals surface area contributed by atoms with Gasteiger partial charge in [0, 0.05) is 0 Å². The predicted octanol–water partition coefficient (Wildman–Crippen LogP) is -0.937. The minimum absolute atomic E-state index is 0.0226. The molecule has 1 N–H and O–H groups in total. The van der Waals surface area contributed by atoms with Crippen molar-refractivity contribution in [1.29, 1.82) is 0 Å². The number of benzene rings is 1. The van der Waals surface area contributed by atoms with Crippen molar-refractivity contribution in [3.8, 4) is 0 Å². The van der Waals surface area contributed by atoms with E-state index in [9.17, 15) is 18.8 Å². The first kappa shape index (κ1) is 25.8. The number of hydrogen-bond acceptors (Lipinski definition) is 7. The van der Waals surface area contributed by atoms with Crippen molar-refractivity contribution in [3.05, 3.63) is 53.4 Å². The third kappa shape index (κ3) is 5.00. The van der Waals surface area contributed by atoms with Gasteiger partial charge in [-0.3, -0.25) is 0 Å². The van der Waals surface area contributed by atoms with E-state index in [-0.39, 0.29) is 58.2 Å². The third-order valence-electron chi connectivity index (χ3n) is 6.58. The molecule has 2 aromatic rings. The summed E-state index contributed by atoms with van der Waals surface area (Å²) in [5, 5.41) is 2.78. The molecule has 2 amide bonds. The number of ether oxygens (including phenoxy) is 2. The summed E-state index contributed by atoms with van der Waals surface area (Å²) in [4.78, 5) is 46.0. The number of aromatic nitrogens is 1. The average Bonchev–Trinajstić information content (AvgIpc) is 3.52. The van der Waals surface area contributed by atoms with Crippen molar-refractivity contribution in [3.63, 3.8) is 0 Å². The predicted molar refractivity (Wildman–Crippen MR) is 125 cm³/mol. The van der Waals surface area contributed by atoms with Gasteiger partial charge in [-0.2, -0.15) is 0 Å². The molecule has 4 heterocycles. The summed E-state index contributed by atoms with van der Waals surface area (Å²) in [6, 6.07) is 4.45. The van der Waals surface area contributed by atoms with Gasteiger partial charge in [0.05, 0.1) is 0 Å². The van der Waals surface area contributed by atoms with Crippen molar-refractivity contribution in [2.45, 2.75) is 39.9 Å². The number of rotatable bonds is 5. The molecule has 0 bridgehead atoms. The standard InChI is InChI=1S/C25H26F2IN4O5/c1-12-9-31(10-13(2)37-12)21-15(4-5-16(26)19(21)27)24(34)32-11-17-20(28-17)22(32)23(33)30-14-6-7-29-18(8-14)25(35)36-3/h4-8,12-13,17,20,22H,9-11H2,1-3H3,(H,29,30,33)/q-1/t12-,13+,17-,20-,22-/m0/s1. The number of alkyl halides is 2. The number of carbonyl (C=O) groups excluding carboxylic acids is 3. The van der Waals surface area contributed by atoms with Gasteiger partial charge in [0.25, 0.3) is 0 Å². The van der Waals surface area contributed by atoms with Crippen LogP contribution in [0.4, 0.5) is 20.2 Å². The number of nitrogens with zero attached hydrogens (tertiary/aromatic N) is 3. The number of anilines is 2. The van der Waals surface area contributed by atoms with E-state index in [1.807, 2.05) is 13.8 Å². The molecule has 12 heteroatoms. The van der Waals surface area contributed by atoms with Gasteiger partial charge in [0.2, 0.25) is 0 Å². The first-order valence-electron chi connectivity index (χ1n) is 11.8. The van der Waals surface area contributed by atoms with Crippen LogP contribution in [-0.4, -0.2) is 80.5 Å². The molecule has 0 aliphatic carbocycles. The molecule has 9 nitrogen and oxygen atoms in total. The molecule has 37 heavy (non-hydrogen) atoms. The molecule has 0 unspecified atom stereocenters. The summed E-state index contributed by atoms with van der Waals surface area (Å²) >= 11 is -0.241. The van der Waals surface area contributed by atoms with Crippen LogP contribution in [0.1, 0.15) is 34.7 Å². The Morgan fingerprint density at radius 3 is 2.57 bits per heavy atom. The minimum atomic E-state index is -1.09. The summed E-state index contributed by atoms with van der Waals surface area (Å²) in [6.07, 6.45) is 0.920. The number of esters is 1. The Labute approximate surface area is 222 Å². The van der Waals surface area contributed by atoms with E-state index in [4.69, 9.17) is 4.74 Å². The molecule has 3 fully saturated rings. The van der Waals surface area contributed by atoms with Gasteiger partial charge in [0.15, 0.2) is 0 Å². The number of halogens is 3. The second-order valence-electron chi connectivity index (χ2n) is 9.32. The van der Waals surface area contributed by atoms with Crippen LogP contribution in [0, 0.1) is 11.6 Å². The Hall–Kier alpha value is -2.87. The number of methoxy groups -OCH3 is 1. The van der Waals surface area contributed by atoms with Crippen molar-refractivity contribution < 1.29 is 53.8 Å². The fraction of sp³-hybridized carbons (Fsp3) is 0.440. The monoisotopic (exact) mass is 627 g/mol. The zero-order chi connectivity index (χ0) is 26.4. The van der Waals surface area contributed by atoms with Gasteiger partial charge in [-0.25, -0.2) is 0 Å². The third-order valence-corrected chi connectivity index (χ3v) is 10.2. The van der Waals surface area contributed by atoms with Gasteiger partial charge in [-0.1, -0.05) is 0 Å². The molecule has 1 aromatic carbocycles. The Morgan fingerprint density at radius 1 is 1.14 bits per heavy atom. The molecule has 0 spiro atoms. The van der Waals surface area contributed by atoms with Crippen LogP contribution in [-0.2, 0) is 14.3 Å². The summed E-state index contributed by atoms with van der Waals surface area (Å²) in [5.74, 6) is -3.67. The van der Waals surface area contributed by atoms with Crippen LogP contribution in [0.3, 0.4) is 0 Å². The quantitative estimate of drug-likeness (QED) is 0.260. The SMILES string of the molecule is COC(=O)c1cc(NC(=O)[C@@H]2[C@H]3[I-][C@H]3CN2C(=O)c2ccc(F)c(F)c2N2C[C@@H](C)O[C@@H](C)C2)ccn1. The fourth-order valence-corrected chi connectivity index (χ4v) is 8.21. The van der Waals surface area contributed by atoms with E-state index in [1.165, 1.54) is 30.3 Å². The molecule has 5 rings (SSSR count). The van der Waals surface area contributed by atoms with Crippen LogP contribution < -0.4 is 31.4 Å². The second-order valence-corrected chi connectivity index (χ2v) is 13.1. The van der Waals surface area contributed by atoms with Crippen LogP contribution in [0.25, 0.3) is 0 Å². The number of amides is 2. The van der Waals surface area contributed by atoms with E-state index in [2.05, 4.69) is 15.0 Å². The Balaban J connectivity index is 1.42. The topological polar surface area (TPSA) is 101 Å². The number of hydrogen-bond donors (Lipinski definition) is 1. The van der Waals surface area contributed by atoms with Gasteiger partial charge in [-0.05, 0) is 0 Å². The maximum atomic E-state index is 15.2. The maximum absolute atomic E-state index is 15.2. The number of fused-ring (bicyclic) bond motifs is 1. The first-order valence-corrected chi connectivity index (χ1v) is 14.3. The van der Waals surface area contributed by atoms with Crippen LogP contribution in [0.5, 0.6) is 0 Å². The molecule has 0 radical (unpaired) electrons. The molecule has 3 aliphatic rings. The number of carbonyl (C=O) groups is 3. The van der Waals surface area contributed by atoms with E-state index < -0.39 is 35.5 Å². The molecular weight excluding hydrogens is 601 g/mol. The van der Waals surface area contributed by atoms with Crippen molar-refractivity contribution >= 4 is 29.2 Å². The van der Waals surface area contributed by atoms with E-state index in [0.717, 1.165) is 6.07 Å². The number of nitrogens with one attached hydrogen (secondary N) is 1. The molecular formula is C25H26F2IN4O5-. The van der Waals surface area contributed by atoms with Gasteiger partial charge in [0.1, 0.15) is 0 Å². The Bertz CT molecular complexity index is 1250. The summed E-state index contributed by atoms with van der Waals surface area (Å²) < 4.78 is 40.3. The van der Waals surface area contributed by atoms with Gasteiger partial charge < -0.3 is 0 Å². The molecule has 5 atom stereocenters. The average molecular weight is 627 g/mol. The molecule has 3 saturated heterocycles. The Kier molecular flexibility index (Phi) is 7.05. The fourth-order valence-electron chi connectivity index (χ4n) is 5.00. The molecule has 0 saturated carbocycles. The summed E-state index contributed by atoms with van der Waals surface area (Å²) in [5.41, 5.74) is 0.310. The van der Waals surface area contributed by atoms with Crippen molar-refractivity contribution in [1.82, 2.24) is 9.88 Å². The summed E-state index contributed by atoms with van der Waals surface area (Å²) in [7, 11) is 1.24. The van der Waals surface area contributed by atoms with Gasteiger partial charge >= 0.3 is 223 Å². The normalized spacial score (nSPS) is 26.7. The van der Waals surface area contributed by atoms with Gasteiger partial charge in [-0.15, -0.1) is 0 Å². The number of pyridine rings is 1. The van der Waals surface area contributed by atoms with E-state index in [0.29, 0.717) is 25.3 Å². The zero-order valence-electron chi connectivity index (χ0n) is 20.4. The van der Waals surface area contributed by atoms with Crippen molar-refractivity contribution in [2.24, 2.45) is 0 Å². The van der Waals surface area contributed by atoms with E-state index in [1.54, 1.807) is 11.0 Å². The summed E-state index contributed by atoms with van der Waals surface area (Å²) in [6.45, 7) is 4.67. The molecule has 1 aromatic heterocycles. The molecule has 3 aliphatic heterocycles. The van der Waals surface area contributed by atoms with Crippen LogP contribution in [0.15, 0.2) is 30.5 Å². The number of likely N-dealkylation sites (tertiary alicyclic amines) is 1. The number of morpholine rings is 1. The van der Waals surface area contributed by atoms with Crippen LogP contribution in [0.2, 0.25) is 0 Å².